The van der Waals surface area contributed by atoms with Crippen LogP contribution in [-0.4, -0.2) is 76.0 Å². The van der Waals surface area contributed by atoms with E-state index in [1.54, 1.807) is 4.90 Å². The van der Waals surface area contributed by atoms with E-state index in [0.717, 1.165) is 30.0 Å². The Morgan fingerprint density at radius 2 is 1.83 bits per heavy atom. The standard InChI is InChI=1S/C24H23ClF3N3O4S/c25-15-2-4-19(33)17(12-15)21-16-11-14(24(26,27)28)1-3-18(16)29-23(35)22(21)36-13-20(34)31-7-5-30(6-8-31)9-10-32/h1-4,11-12,32-33H,5-10,13H2,(H,29,35). The number of fused-ring (bicyclic) bond motifs is 1. The summed E-state index contributed by atoms with van der Waals surface area (Å²) in [4.78, 5) is 32.2. The molecular formula is C24H23ClF3N3O4S. The van der Waals surface area contributed by atoms with Gasteiger partial charge in [0.1, 0.15) is 5.75 Å². The molecule has 2 heterocycles. The molecule has 1 aliphatic rings. The lowest BCUT2D eigenvalue weighted by atomic mass is 9.98. The number of β-amino-alcohol motifs (C(OH)–C–C–N with tert-alkyl or cyclic N) is 1. The molecule has 3 aromatic rings. The number of aromatic amines is 1. The van der Waals surface area contributed by atoms with Crippen molar-refractivity contribution in [2.75, 3.05) is 45.1 Å². The molecule has 36 heavy (non-hydrogen) atoms. The number of carbonyl (C=O) groups excluding carboxylic acids is 1. The summed E-state index contributed by atoms with van der Waals surface area (Å²) in [5.74, 6) is -0.618. The summed E-state index contributed by atoms with van der Waals surface area (Å²) in [6, 6.07) is 7.03. The summed E-state index contributed by atoms with van der Waals surface area (Å²) < 4.78 is 40.5. The number of aromatic nitrogens is 1. The van der Waals surface area contributed by atoms with Gasteiger partial charge in [-0.2, -0.15) is 13.2 Å². The highest BCUT2D eigenvalue weighted by molar-refractivity contribution is 8.00. The Morgan fingerprint density at radius 3 is 2.50 bits per heavy atom. The number of aliphatic hydroxyl groups is 1. The highest BCUT2D eigenvalue weighted by Gasteiger charge is 2.31. The zero-order valence-electron chi connectivity index (χ0n) is 18.9. The summed E-state index contributed by atoms with van der Waals surface area (Å²) in [5, 5.41) is 19.9. The topological polar surface area (TPSA) is 96.9 Å². The number of thioether (sulfide) groups is 1. The number of alkyl halides is 3. The van der Waals surface area contributed by atoms with Crippen molar-refractivity contribution in [3.63, 3.8) is 0 Å². The van der Waals surface area contributed by atoms with E-state index >= 15 is 0 Å². The Balaban J connectivity index is 1.74. The fourth-order valence-electron chi connectivity index (χ4n) is 4.15. The molecule has 192 valence electrons. The number of nitrogens with zero attached hydrogens (tertiary/aromatic N) is 2. The van der Waals surface area contributed by atoms with E-state index in [0.29, 0.717) is 32.7 Å². The van der Waals surface area contributed by atoms with Crippen molar-refractivity contribution in [1.82, 2.24) is 14.8 Å². The summed E-state index contributed by atoms with van der Waals surface area (Å²) in [7, 11) is 0. The molecule has 1 aromatic heterocycles. The second kappa shape index (κ2) is 10.7. The van der Waals surface area contributed by atoms with E-state index in [4.69, 9.17) is 16.7 Å². The summed E-state index contributed by atoms with van der Waals surface area (Å²) in [6.45, 7) is 2.69. The van der Waals surface area contributed by atoms with Gasteiger partial charge in [0.25, 0.3) is 5.56 Å². The molecule has 2 aromatic carbocycles. The van der Waals surface area contributed by atoms with Gasteiger partial charge in [0.2, 0.25) is 5.91 Å². The highest BCUT2D eigenvalue weighted by atomic mass is 35.5. The third kappa shape index (κ3) is 5.64. The maximum atomic E-state index is 13.5. The van der Waals surface area contributed by atoms with Crippen molar-refractivity contribution in [2.45, 2.75) is 11.1 Å². The molecular weight excluding hydrogens is 519 g/mol. The zero-order valence-corrected chi connectivity index (χ0v) is 20.5. The van der Waals surface area contributed by atoms with Gasteiger partial charge in [-0.1, -0.05) is 11.6 Å². The number of benzene rings is 2. The normalized spacial score (nSPS) is 15.0. The Bertz CT molecular complexity index is 1340. The van der Waals surface area contributed by atoms with Gasteiger partial charge in [-0.15, -0.1) is 11.8 Å². The largest absolute Gasteiger partial charge is 0.507 e. The first kappa shape index (κ1) is 26.3. The van der Waals surface area contributed by atoms with Gasteiger partial charge in [-0.25, -0.2) is 0 Å². The predicted molar refractivity (Wildman–Crippen MR) is 133 cm³/mol. The molecule has 7 nitrogen and oxygen atoms in total. The lowest BCUT2D eigenvalue weighted by Gasteiger charge is -2.34. The molecule has 3 N–H and O–H groups in total. The number of nitrogens with one attached hydrogen (secondary N) is 1. The summed E-state index contributed by atoms with van der Waals surface area (Å²) in [6.07, 6.45) is -4.63. The molecule has 0 saturated carbocycles. The number of phenolic OH excluding ortho intramolecular Hbond substituents is 1. The number of H-pyrrole nitrogens is 1. The smallest absolute Gasteiger partial charge is 0.416 e. The Hall–Kier alpha value is -2.73. The van der Waals surface area contributed by atoms with Crippen LogP contribution in [0.5, 0.6) is 5.75 Å². The minimum Gasteiger partial charge on any atom is -0.507 e. The number of aromatic hydroxyl groups is 1. The van der Waals surface area contributed by atoms with Crippen LogP contribution < -0.4 is 5.56 Å². The van der Waals surface area contributed by atoms with Crippen molar-refractivity contribution in [2.24, 2.45) is 0 Å². The van der Waals surface area contributed by atoms with Crippen molar-refractivity contribution < 1.29 is 28.2 Å². The zero-order chi connectivity index (χ0) is 26.0. The van der Waals surface area contributed by atoms with Gasteiger partial charge >= 0.3 is 6.18 Å². The first-order chi connectivity index (χ1) is 17.1. The molecule has 0 unspecified atom stereocenters. The molecule has 1 saturated heterocycles. The van der Waals surface area contributed by atoms with Crippen LogP contribution >= 0.6 is 23.4 Å². The third-order valence-electron chi connectivity index (χ3n) is 6.01. The molecule has 12 heteroatoms. The van der Waals surface area contributed by atoms with Gasteiger partial charge in [-0.3, -0.25) is 14.5 Å². The van der Waals surface area contributed by atoms with Crippen LogP contribution in [0.1, 0.15) is 5.56 Å². The van der Waals surface area contributed by atoms with Crippen molar-refractivity contribution in [3.8, 4) is 16.9 Å². The summed E-state index contributed by atoms with van der Waals surface area (Å²) >= 11 is 7.01. The summed E-state index contributed by atoms with van der Waals surface area (Å²) in [5.41, 5.74) is -1.20. The van der Waals surface area contributed by atoms with Crippen LogP contribution in [0.4, 0.5) is 13.2 Å². The Kier molecular flexibility index (Phi) is 7.84. The van der Waals surface area contributed by atoms with E-state index < -0.39 is 17.3 Å². The SMILES string of the molecule is O=C(CSc1c(-c2cc(Cl)ccc2O)c2cc(C(F)(F)F)ccc2[nH]c1=O)N1CCN(CCO)CC1. The van der Waals surface area contributed by atoms with Gasteiger partial charge in [0.15, 0.2) is 0 Å². The number of aliphatic hydroxyl groups excluding tert-OH is 1. The van der Waals surface area contributed by atoms with Crippen molar-refractivity contribution in [3.05, 3.63) is 57.3 Å². The first-order valence-electron chi connectivity index (χ1n) is 11.1. The lowest BCUT2D eigenvalue weighted by molar-refractivity contribution is -0.137. The van der Waals surface area contributed by atoms with Gasteiger partial charge < -0.3 is 20.1 Å². The molecule has 1 amide bonds. The maximum Gasteiger partial charge on any atom is 0.416 e. The molecule has 4 rings (SSSR count). The number of hydrogen-bond acceptors (Lipinski definition) is 6. The number of rotatable bonds is 6. The quantitative estimate of drug-likeness (QED) is 0.411. The van der Waals surface area contributed by atoms with Gasteiger partial charge in [0, 0.05) is 59.8 Å². The van der Waals surface area contributed by atoms with E-state index in [1.807, 2.05) is 4.90 Å². The van der Waals surface area contributed by atoms with Crippen LogP contribution in [-0.2, 0) is 11.0 Å². The number of carbonyl (C=O) groups is 1. The molecule has 0 aliphatic carbocycles. The van der Waals surface area contributed by atoms with E-state index in [-0.39, 0.29) is 56.0 Å². The minimum absolute atomic E-state index is 0.00616. The average Bonchev–Trinajstić information content (AvgIpc) is 2.83. The van der Waals surface area contributed by atoms with E-state index in [1.165, 1.54) is 18.2 Å². The molecule has 0 bridgehead atoms. The number of phenols is 1. The Labute approximate surface area is 213 Å². The third-order valence-corrected chi connectivity index (χ3v) is 7.31. The lowest BCUT2D eigenvalue weighted by Crippen LogP contribution is -2.49. The van der Waals surface area contributed by atoms with Crippen LogP contribution in [0.2, 0.25) is 5.02 Å². The van der Waals surface area contributed by atoms with Crippen LogP contribution in [0.25, 0.3) is 22.0 Å². The Morgan fingerprint density at radius 1 is 1.11 bits per heavy atom. The monoisotopic (exact) mass is 541 g/mol. The van der Waals surface area contributed by atoms with E-state index in [9.17, 15) is 27.9 Å². The highest BCUT2D eigenvalue weighted by Crippen LogP contribution is 2.42. The maximum absolute atomic E-state index is 13.5. The second-order valence-corrected chi connectivity index (χ2v) is 9.73. The van der Waals surface area contributed by atoms with Crippen molar-refractivity contribution >= 4 is 40.2 Å². The molecule has 0 spiro atoms. The van der Waals surface area contributed by atoms with Crippen molar-refractivity contribution in [1.29, 1.82) is 0 Å². The minimum atomic E-state index is -4.63. The number of amides is 1. The number of piperazine rings is 1. The molecule has 1 aliphatic heterocycles. The fraction of sp³-hybridized carbons (Fsp3) is 0.333. The molecule has 0 atom stereocenters. The average molecular weight is 542 g/mol. The number of pyridine rings is 1. The molecule has 1 fully saturated rings. The fourth-order valence-corrected chi connectivity index (χ4v) is 5.32. The molecule has 0 radical (unpaired) electrons. The predicted octanol–water partition coefficient (Wildman–Crippen LogP) is 3.80. The van der Waals surface area contributed by atoms with Gasteiger partial charge in [-0.05, 0) is 36.4 Å². The first-order valence-corrected chi connectivity index (χ1v) is 12.4. The van der Waals surface area contributed by atoms with Crippen LogP contribution in [0.3, 0.4) is 0 Å². The van der Waals surface area contributed by atoms with Crippen LogP contribution in [0, 0.1) is 0 Å². The van der Waals surface area contributed by atoms with E-state index in [2.05, 4.69) is 4.98 Å². The number of halogens is 4. The second-order valence-electron chi connectivity index (χ2n) is 8.31. The van der Waals surface area contributed by atoms with Crippen LogP contribution in [0.15, 0.2) is 46.1 Å². The number of hydrogen-bond donors (Lipinski definition) is 3. The van der Waals surface area contributed by atoms with Gasteiger partial charge in [0.05, 0.1) is 22.8 Å².